The molecule has 5 heteroatoms. The lowest BCUT2D eigenvalue weighted by Crippen LogP contribution is -2.22. The molecule has 4 nitrogen and oxygen atoms in total. The second kappa shape index (κ2) is 6.52. The van der Waals surface area contributed by atoms with Crippen molar-refractivity contribution in [1.29, 1.82) is 0 Å². The molecule has 2 aromatic rings. The largest absolute Gasteiger partial charge is 0.303 e. The summed E-state index contributed by atoms with van der Waals surface area (Å²) in [4.78, 5) is 4.38. The SMILES string of the molecule is CCC[C@H](NCc1ccn[nH]1)c1ncccc1Cl. The lowest BCUT2D eigenvalue weighted by Gasteiger charge is -2.18. The zero-order valence-corrected chi connectivity index (χ0v) is 11.1. The molecule has 2 N–H and O–H groups in total. The first-order valence-corrected chi connectivity index (χ1v) is 6.51. The molecule has 0 aliphatic heterocycles. The smallest absolute Gasteiger partial charge is 0.0759 e. The number of H-pyrrole nitrogens is 1. The quantitative estimate of drug-likeness (QED) is 0.843. The number of hydrogen-bond donors (Lipinski definition) is 2. The van der Waals surface area contributed by atoms with Crippen LogP contribution in [-0.2, 0) is 6.54 Å². The van der Waals surface area contributed by atoms with Crippen LogP contribution in [-0.4, -0.2) is 15.2 Å². The molecule has 0 spiro atoms. The fourth-order valence-electron chi connectivity index (χ4n) is 1.89. The molecule has 0 unspecified atom stereocenters. The Kier molecular flexibility index (Phi) is 4.73. The molecule has 0 bridgehead atoms. The van der Waals surface area contributed by atoms with Gasteiger partial charge in [0.15, 0.2) is 0 Å². The van der Waals surface area contributed by atoms with E-state index in [9.17, 15) is 0 Å². The first-order chi connectivity index (χ1) is 8.81. The van der Waals surface area contributed by atoms with Crippen LogP contribution in [0.25, 0.3) is 0 Å². The van der Waals surface area contributed by atoms with Crippen molar-refractivity contribution in [2.75, 3.05) is 0 Å². The Morgan fingerprint density at radius 1 is 1.39 bits per heavy atom. The summed E-state index contributed by atoms with van der Waals surface area (Å²) >= 11 is 6.19. The minimum atomic E-state index is 0.173. The number of rotatable bonds is 6. The van der Waals surface area contributed by atoms with E-state index < -0.39 is 0 Å². The molecular formula is C13H17ClN4. The Balaban J connectivity index is 2.06. The Bertz CT molecular complexity index is 470. The Morgan fingerprint density at radius 3 is 2.94 bits per heavy atom. The summed E-state index contributed by atoms with van der Waals surface area (Å²) in [6.45, 7) is 2.89. The first kappa shape index (κ1) is 13.1. The molecule has 0 saturated carbocycles. The maximum absolute atomic E-state index is 6.19. The average molecular weight is 265 g/mol. The van der Waals surface area contributed by atoms with Crippen LogP contribution in [0.3, 0.4) is 0 Å². The molecule has 0 fully saturated rings. The van der Waals surface area contributed by atoms with Crippen molar-refractivity contribution in [3.63, 3.8) is 0 Å². The number of pyridine rings is 1. The van der Waals surface area contributed by atoms with E-state index in [1.165, 1.54) is 0 Å². The fraction of sp³-hybridized carbons (Fsp3) is 0.385. The number of hydrogen-bond acceptors (Lipinski definition) is 3. The molecule has 0 aliphatic rings. The van der Waals surface area contributed by atoms with Gasteiger partial charge in [-0.2, -0.15) is 5.10 Å². The molecule has 0 aliphatic carbocycles. The van der Waals surface area contributed by atoms with Crippen molar-refractivity contribution in [1.82, 2.24) is 20.5 Å². The predicted octanol–water partition coefficient (Wildman–Crippen LogP) is 3.09. The molecule has 96 valence electrons. The third kappa shape index (κ3) is 3.31. The number of aromatic nitrogens is 3. The zero-order chi connectivity index (χ0) is 12.8. The van der Waals surface area contributed by atoms with Crippen molar-refractivity contribution >= 4 is 11.6 Å². The molecule has 0 aromatic carbocycles. The Hall–Kier alpha value is -1.39. The van der Waals surface area contributed by atoms with E-state index in [0.29, 0.717) is 5.02 Å². The summed E-state index contributed by atoms with van der Waals surface area (Å²) in [7, 11) is 0. The van der Waals surface area contributed by atoms with Crippen molar-refractivity contribution in [3.8, 4) is 0 Å². The van der Waals surface area contributed by atoms with E-state index in [2.05, 4.69) is 27.4 Å². The van der Waals surface area contributed by atoms with Crippen LogP contribution in [0.4, 0.5) is 0 Å². The van der Waals surface area contributed by atoms with Crippen LogP contribution in [0.1, 0.15) is 37.2 Å². The van der Waals surface area contributed by atoms with Crippen molar-refractivity contribution in [2.45, 2.75) is 32.4 Å². The van der Waals surface area contributed by atoms with Crippen molar-refractivity contribution in [3.05, 3.63) is 47.0 Å². The van der Waals surface area contributed by atoms with E-state index in [1.807, 2.05) is 18.2 Å². The lowest BCUT2D eigenvalue weighted by atomic mass is 10.1. The molecule has 2 rings (SSSR count). The van der Waals surface area contributed by atoms with E-state index in [4.69, 9.17) is 11.6 Å². The monoisotopic (exact) mass is 264 g/mol. The number of halogens is 1. The highest BCUT2D eigenvalue weighted by Crippen LogP contribution is 2.23. The van der Waals surface area contributed by atoms with E-state index in [0.717, 1.165) is 30.8 Å². The summed E-state index contributed by atoms with van der Waals surface area (Å²) in [5.74, 6) is 0. The van der Waals surface area contributed by atoms with Crippen LogP contribution in [0, 0.1) is 0 Å². The summed E-state index contributed by atoms with van der Waals surface area (Å²) < 4.78 is 0. The van der Waals surface area contributed by atoms with Crippen molar-refractivity contribution < 1.29 is 0 Å². The van der Waals surface area contributed by atoms with Gasteiger partial charge in [-0.15, -0.1) is 0 Å². The molecule has 0 saturated heterocycles. The highest BCUT2D eigenvalue weighted by molar-refractivity contribution is 6.31. The van der Waals surface area contributed by atoms with E-state index in [-0.39, 0.29) is 6.04 Å². The van der Waals surface area contributed by atoms with Crippen LogP contribution in [0.5, 0.6) is 0 Å². The molecule has 18 heavy (non-hydrogen) atoms. The molecule has 0 radical (unpaired) electrons. The second-order valence-corrected chi connectivity index (χ2v) is 4.58. The van der Waals surface area contributed by atoms with Gasteiger partial charge in [-0.25, -0.2) is 0 Å². The Labute approximate surface area is 112 Å². The summed E-state index contributed by atoms with van der Waals surface area (Å²) in [6.07, 6.45) is 5.61. The van der Waals surface area contributed by atoms with Gasteiger partial charge in [-0.3, -0.25) is 10.1 Å². The van der Waals surface area contributed by atoms with Crippen LogP contribution >= 0.6 is 11.6 Å². The fourth-order valence-corrected chi connectivity index (χ4v) is 2.15. The summed E-state index contributed by atoms with van der Waals surface area (Å²) in [5.41, 5.74) is 1.98. The second-order valence-electron chi connectivity index (χ2n) is 4.17. The standard InChI is InChI=1S/C13H17ClN4/c1-2-4-12(13-11(14)5-3-7-15-13)16-9-10-6-8-17-18-10/h3,5-8,12,16H,2,4,9H2,1H3,(H,17,18)/t12-/m0/s1. The van der Waals surface area contributed by atoms with Gasteiger partial charge >= 0.3 is 0 Å². The van der Waals surface area contributed by atoms with Gasteiger partial charge in [-0.1, -0.05) is 24.9 Å². The van der Waals surface area contributed by atoms with Gasteiger partial charge in [0.05, 0.1) is 16.8 Å². The van der Waals surface area contributed by atoms with Gasteiger partial charge in [0.25, 0.3) is 0 Å². The maximum Gasteiger partial charge on any atom is 0.0759 e. The molecule has 1 atom stereocenters. The Morgan fingerprint density at radius 2 is 2.28 bits per heavy atom. The minimum absolute atomic E-state index is 0.173. The van der Waals surface area contributed by atoms with Gasteiger partial charge in [0.1, 0.15) is 0 Å². The highest BCUT2D eigenvalue weighted by Gasteiger charge is 2.14. The zero-order valence-electron chi connectivity index (χ0n) is 10.4. The van der Waals surface area contributed by atoms with Crippen molar-refractivity contribution in [2.24, 2.45) is 0 Å². The third-order valence-electron chi connectivity index (χ3n) is 2.79. The molecule has 0 amide bonds. The van der Waals surface area contributed by atoms with E-state index >= 15 is 0 Å². The number of aromatic amines is 1. The molecular weight excluding hydrogens is 248 g/mol. The van der Waals surface area contributed by atoms with E-state index in [1.54, 1.807) is 12.4 Å². The predicted molar refractivity (Wildman–Crippen MR) is 72.3 cm³/mol. The molecule has 2 heterocycles. The van der Waals surface area contributed by atoms with Gasteiger partial charge < -0.3 is 5.32 Å². The maximum atomic E-state index is 6.19. The topological polar surface area (TPSA) is 53.6 Å². The number of nitrogens with zero attached hydrogens (tertiary/aromatic N) is 2. The van der Waals surface area contributed by atoms with Gasteiger partial charge in [-0.05, 0) is 24.6 Å². The van der Waals surface area contributed by atoms with Crippen LogP contribution in [0.15, 0.2) is 30.6 Å². The van der Waals surface area contributed by atoms with Gasteiger partial charge in [0.2, 0.25) is 0 Å². The lowest BCUT2D eigenvalue weighted by molar-refractivity contribution is 0.479. The minimum Gasteiger partial charge on any atom is -0.303 e. The summed E-state index contributed by atoms with van der Waals surface area (Å²) in [5, 5.41) is 11.0. The van der Waals surface area contributed by atoms with Crippen LogP contribution in [0.2, 0.25) is 5.02 Å². The normalized spacial score (nSPS) is 12.6. The molecule has 2 aromatic heterocycles. The van der Waals surface area contributed by atoms with Crippen LogP contribution < -0.4 is 5.32 Å². The third-order valence-corrected chi connectivity index (χ3v) is 3.11. The highest BCUT2D eigenvalue weighted by atomic mass is 35.5. The first-order valence-electron chi connectivity index (χ1n) is 6.13. The van der Waals surface area contributed by atoms with Gasteiger partial charge in [0, 0.05) is 24.6 Å². The summed E-state index contributed by atoms with van der Waals surface area (Å²) in [6, 6.07) is 5.86. The average Bonchev–Trinajstić information content (AvgIpc) is 2.88. The number of nitrogens with one attached hydrogen (secondary N) is 2.